The van der Waals surface area contributed by atoms with Crippen LogP contribution in [-0.4, -0.2) is 193 Å². The second kappa shape index (κ2) is 51.7. The van der Waals surface area contributed by atoms with Crippen LogP contribution >= 0.6 is 63.7 Å². The highest BCUT2D eigenvalue weighted by Gasteiger charge is 2.46. The van der Waals surface area contributed by atoms with Crippen molar-refractivity contribution in [3.05, 3.63) is 423 Å². The monoisotopic (exact) mass is 2200 g/mol. The van der Waals surface area contributed by atoms with E-state index in [-0.39, 0.29) is 46.9 Å². The van der Waals surface area contributed by atoms with E-state index < -0.39 is 22.4 Å². The number of hydrogen-bond donors (Lipinski definition) is 4. The van der Waals surface area contributed by atoms with Crippen molar-refractivity contribution in [2.45, 2.75) is 123 Å². The van der Waals surface area contributed by atoms with Crippen LogP contribution in [0.2, 0.25) is 0 Å². The van der Waals surface area contributed by atoms with Gasteiger partial charge in [0.2, 0.25) is 23.5 Å². The maximum absolute atomic E-state index is 13.5. The lowest BCUT2D eigenvalue weighted by molar-refractivity contribution is 0.000433. The Bertz CT molecular complexity index is 6010. The standard InChI is InChI=1S/4C30H32BrFN2O2/c4*1-34(2)18-17-30(35,16-15-21-9-12-25(32)13-10-21)28(22-7-5-4-6-8-22)26-20-23-19-24(31)11-14-27(23)33-29(26)36-3/h4*4-14,19-20,28,35H,15-18H2,1-3H3. The minimum atomic E-state index is -1.12. The van der Waals surface area contributed by atoms with Gasteiger partial charge >= 0.3 is 0 Å². The first-order chi connectivity index (χ1) is 69.1. The summed E-state index contributed by atoms with van der Waals surface area (Å²) in [6.45, 7) is 2.83. The molecule has 144 heavy (non-hydrogen) atoms. The van der Waals surface area contributed by atoms with Gasteiger partial charge in [0, 0.05) is 112 Å². The number of aliphatic hydroxyl groups is 4. The molecule has 0 bridgehead atoms. The Hall–Kier alpha value is -11.2. The molecule has 0 aliphatic carbocycles. The SMILES string of the molecule is COc1nc2ccc(Br)cc2cc1C(c1ccccc1)C(O)(CCc1ccc(F)cc1)CCN(C)C.COc1nc2ccc(Br)cc2cc1C(c1ccccc1)C(O)(CCc1ccc(F)cc1)CCN(C)C.COc1nc2ccc(Br)cc2cc1C(c1ccccc1)C(O)(CCc1ccc(F)cc1)CCN(C)C.COc1nc2ccc(Br)cc2cc1C(c1ccccc1)C(O)(CCc1ccc(F)cc1)CCN(C)C. The predicted molar refractivity (Wildman–Crippen MR) is 588 cm³/mol. The van der Waals surface area contributed by atoms with Gasteiger partial charge in [-0.3, -0.25) is 0 Å². The van der Waals surface area contributed by atoms with Crippen molar-refractivity contribution in [2.24, 2.45) is 0 Å². The molecule has 752 valence electrons. The number of hydrogen-bond acceptors (Lipinski definition) is 16. The third-order valence-electron chi connectivity index (χ3n) is 26.8. The fourth-order valence-corrected chi connectivity index (χ4v) is 20.7. The minimum Gasteiger partial charge on any atom is -0.481 e. The molecule has 4 heterocycles. The quantitative estimate of drug-likeness (QED) is 0.0266. The lowest BCUT2D eigenvalue weighted by atomic mass is 9.72. The summed E-state index contributed by atoms with van der Waals surface area (Å²) >= 11 is 14.3. The average molecular weight is 2210 g/mol. The number of methoxy groups -OCH3 is 4. The fraction of sp³-hybridized carbons (Fsp3) is 0.300. The second-order valence-electron chi connectivity index (χ2n) is 38.2. The Balaban J connectivity index is 0.000000161. The summed E-state index contributed by atoms with van der Waals surface area (Å²) in [4.78, 5) is 27.6. The Kier molecular flexibility index (Phi) is 39.5. The molecule has 12 aromatic carbocycles. The highest BCUT2D eigenvalue weighted by atomic mass is 79.9. The lowest BCUT2D eigenvalue weighted by Gasteiger charge is -2.38. The molecule has 8 atom stereocenters. The highest BCUT2D eigenvalue weighted by molar-refractivity contribution is 9.11. The molecule has 16 nitrogen and oxygen atoms in total. The molecule has 0 fully saturated rings. The molecule has 0 saturated heterocycles. The molecule has 4 aromatic heterocycles. The molecule has 16 rings (SSSR count). The third kappa shape index (κ3) is 29.6. The van der Waals surface area contributed by atoms with Gasteiger partial charge in [-0.1, -0.05) is 234 Å². The molecule has 0 aliphatic rings. The van der Waals surface area contributed by atoms with E-state index in [9.17, 15) is 38.0 Å². The number of nitrogens with zero attached hydrogens (tertiary/aromatic N) is 8. The zero-order valence-corrected chi connectivity index (χ0v) is 90.0. The van der Waals surface area contributed by atoms with Crippen LogP contribution in [-0.2, 0) is 25.7 Å². The van der Waals surface area contributed by atoms with E-state index in [1.54, 1.807) is 77.0 Å². The maximum atomic E-state index is 13.5. The fourth-order valence-electron chi connectivity index (χ4n) is 19.1. The Morgan fingerprint density at radius 1 is 0.250 bits per heavy atom. The molecule has 0 aliphatic heterocycles. The average Bonchev–Trinajstić information content (AvgIpc) is 0.771. The summed E-state index contributed by atoms with van der Waals surface area (Å²) in [5.74, 6) is -0.572. The molecule has 16 aromatic rings. The summed E-state index contributed by atoms with van der Waals surface area (Å²) in [5.41, 5.74) is 10.1. The summed E-state index contributed by atoms with van der Waals surface area (Å²) < 4.78 is 81.0. The smallest absolute Gasteiger partial charge is 0.217 e. The van der Waals surface area contributed by atoms with Crippen LogP contribution in [0.4, 0.5) is 17.6 Å². The summed E-state index contributed by atoms with van der Waals surface area (Å²) in [6, 6.07) is 98.4. The van der Waals surface area contributed by atoms with Gasteiger partial charge in [-0.25, -0.2) is 37.5 Å². The number of rotatable bonds is 40. The highest BCUT2D eigenvalue weighted by Crippen LogP contribution is 2.51. The van der Waals surface area contributed by atoms with Gasteiger partial charge in [0.15, 0.2) is 0 Å². The van der Waals surface area contributed by atoms with Gasteiger partial charge in [0.1, 0.15) is 23.3 Å². The van der Waals surface area contributed by atoms with Crippen molar-refractivity contribution < 1.29 is 56.9 Å². The van der Waals surface area contributed by atoms with Gasteiger partial charge in [0.05, 0.1) is 72.9 Å². The second-order valence-corrected chi connectivity index (χ2v) is 41.9. The Labute approximate surface area is 878 Å². The van der Waals surface area contributed by atoms with Gasteiger partial charge in [-0.15, -0.1) is 0 Å². The molecule has 0 spiro atoms. The Morgan fingerprint density at radius 3 is 0.597 bits per heavy atom. The summed E-state index contributed by atoms with van der Waals surface area (Å²) in [6.07, 6.45) is 6.59. The lowest BCUT2D eigenvalue weighted by Crippen LogP contribution is -2.40. The van der Waals surface area contributed by atoms with Crippen LogP contribution < -0.4 is 18.9 Å². The van der Waals surface area contributed by atoms with E-state index in [0.29, 0.717) is 127 Å². The van der Waals surface area contributed by atoms with Crippen LogP contribution in [0.3, 0.4) is 0 Å². The molecule has 0 amide bonds. The first-order valence-electron chi connectivity index (χ1n) is 48.4. The summed E-state index contributed by atoms with van der Waals surface area (Å²) in [5, 5.41) is 53.9. The van der Waals surface area contributed by atoms with Crippen LogP contribution in [0.15, 0.2) is 333 Å². The minimum absolute atomic E-state index is 0.262. The van der Waals surface area contributed by atoms with Crippen molar-refractivity contribution in [3.8, 4) is 23.5 Å². The van der Waals surface area contributed by atoms with Crippen LogP contribution in [0.25, 0.3) is 43.6 Å². The molecular formula is C120H128Br4F4N8O8. The number of aryl methyl sites for hydroxylation is 4. The maximum Gasteiger partial charge on any atom is 0.217 e. The van der Waals surface area contributed by atoms with Gasteiger partial charge in [-0.05, 0) is 324 Å². The van der Waals surface area contributed by atoms with Crippen LogP contribution in [0.5, 0.6) is 23.5 Å². The number of fused-ring (bicyclic) bond motifs is 4. The van der Waals surface area contributed by atoms with Gasteiger partial charge in [-0.2, -0.15) is 0 Å². The van der Waals surface area contributed by atoms with E-state index in [4.69, 9.17) is 38.9 Å². The van der Waals surface area contributed by atoms with Crippen LogP contribution in [0.1, 0.15) is 142 Å². The normalized spacial score (nSPS) is 14.1. The molecule has 0 saturated carbocycles. The topological polar surface area (TPSA) is 182 Å². The van der Waals surface area contributed by atoms with Gasteiger partial charge in [0.25, 0.3) is 0 Å². The van der Waals surface area contributed by atoms with Crippen molar-refractivity contribution in [1.29, 1.82) is 0 Å². The number of ether oxygens (including phenoxy) is 4. The zero-order chi connectivity index (χ0) is 103. The summed E-state index contributed by atoms with van der Waals surface area (Å²) in [7, 11) is 22.5. The van der Waals surface area contributed by atoms with E-state index in [2.05, 4.69) is 108 Å². The van der Waals surface area contributed by atoms with Crippen molar-refractivity contribution in [1.82, 2.24) is 39.5 Å². The largest absolute Gasteiger partial charge is 0.481 e. The molecular weight excluding hydrogens is 2080 g/mol. The van der Waals surface area contributed by atoms with Crippen molar-refractivity contribution in [2.75, 3.05) is 111 Å². The number of aromatic nitrogens is 4. The van der Waals surface area contributed by atoms with Gasteiger partial charge < -0.3 is 59.0 Å². The van der Waals surface area contributed by atoms with Crippen LogP contribution in [0, 0.1) is 23.3 Å². The first-order valence-corrected chi connectivity index (χ1v) is 51.6. The number of pyridine rings is 4. The first kappa shape index (κ1) is 110. The van der Waals surface area contributed by atoms with Crippen molar-refractivity contribution >= 4 is 107 Å². The predicted octanol–water partition coefficient (Wildman–Crippen LogP) is 26.4. The number of halogens is 8. The number of benzene rings is 12. The van der Waals surface area contributed by atoms with E-state index >= 15 is 0 Å². The third-order valence-corrected chi connectivity index (χ3v) is 28.8. The Morgan fingerprint density at radius 2 is 0.431 bits per heavy atom. The molecule has 0 radical (unpaired) electrons. The molecule has 4 N–H and O–H groups in total. The van der Waals surface area contributed by atoms with E-state index in [1.165, 1.54) is 48.5 Å². The molecule has 24 heteroatoms. The van der Waals surface area contributed by atoms with E-state index in [1.807, 2.05) is 251 Å². The molecule has 8 unspecified atom stereocenters. The van der Waals surface area contributed by atoms with E-state index in [0.717, 1.165) is 128 Å². The zero-order valence-electron chi connectivity index (χ0n) is 83.7. The van der Waals surface area contributed by atoms with Crippen molar-refractivity contribution in [3.63, 3.8) is 0 Å².